The molecule has 0 atom stereocenters. The van der Waals surface area contributed by atoms with Crippen LogP contribution in [0.5, 0.6) is 0 Å². The Morgan fingerprint density at radius 3 is 2.37 bits per heavy atom. The van der Waals surface area contributed by atoms with Gasteiger partial charge in [0.1, 0.15) is 5.82 Å². The van der Waals surface area contributed by atoms with Crippen molar-refractivity contribution in [3.63, 3.8) is 0 Å². The maximum atomic E-state index is 14.5. The van der Waals surface area contributed by atoms with Gasteiger partial charge in [-0.1, -0.05) is 19.8 Å². The molecule has 1 aromatic heterocycles. The van der Waals surface area contributed by atoms with Crippen molar-refractivity contribution < 1.29 is 9.18 Å². The maximum absolute atomic E-state index is 14.5. The summed E-state index contributed by atoms with van der Waals surface area (Å²) in [5.41, 5.74) is 2.06. The van der Waals surface area contributed by atoms with E-state index in [1.807, 2.05) is 38.3 Å². The van der Waals surface area contributed by atoms with Crippen LogP contribution in [0.2, 0.25) is 0 Å². The van der Waals surface area contributed by atoms with Crippen LogP contribution < -0.4 is 4.90 Å². The molecule has 0 unspecified atom stereocenters. The highest BCUT2D eigenvalue weighted by Gasteiger charge is 2.13. The normalized spacial score (nSPS) is 11.0. The number of aldehydes is 1. The molecule has 0 saturated heterocycles. The first-order valence-electron chi connectivity index (χ1n) is 9.13. The van der Waals surface area contributed by atoms with Gasteiger partial charge in [-0.15, -0.1) is 0 Å². The minimum Gasteiger partial charge on any atom is -0.380 e. The van der Waals surface area contributed by atoms with Gasteiger partial charge in [0.15, 0.2) is 12.1 Å². The van der Waals surface area contributed by atoms with Gasteiger partial charge in [0, 0.05) is 33.3 Å². The molecule has 27 heavy (non-hydrogen) atoms. The SMILES string of the molecule is CCCCCN(C)/C=C\c1cc(-c2ncc(N(C)C)cn2)c(F)cc1C=O. The molecule has 6 heteroatoms. The molecule has 0 saturated carbocycles. The van der Waals surface area contributed by atoms with Crippen LogP contribution in [-0.2, 0) is 0 Å². The predicted octanol–water partition coefficient (Wildman–Crippen LogP) is 4.25. The summed E-state index contributed by atoms with van der Waals surface area (Å²) in [7, 11) is 5.76. The lowest BCUT2D eigenvalue weighted by molar-refractivity contribution is 0.112. The molecule has 0 radical (unpaired) electrons. The Labute approximate surface area is 160 Å². The Balaban J connectivity index is 2.30. The third-order valence-corrected chi connectivity index (χ3v) is 4.32. The van der Waals surface area contributed by atoms with Crippen LogP contribution in [0.4, 0.5) is 10.1 Å². The minimum atomic E-state index is -0.511. The molecular formula is C21H27FN4O. The van der Waals surface area contributed by atoms with Gasteiger partial charge >= 0.3 is 0 Å². The van der Waals surface area contributed by atoms with Crippen molar-refractivity contribution in [1.29, 1.82) is 0 Å². The molecule has 0 fully saturated rings. The molecule has 0 amide bonds. The molecule has 2 aromatic rings. The van der Waals surface area contributed by atoms with Gasteiger partial charge in [-0.2, -0.15) is 0 Å². The summed E-state index contributed by atoms with van der Waals surface area (Å²) in [5, 5.41) is 0. The van der Waals surface area contributed by atoms with Crippen LogP contribution in [-0.4, -0.2) is 48.8 Å². The Bertz CT molecular complexity index is 788. The van der Waals surface area contributed by atoms with Gasteiger partial charge in [0.2, 0.25) is 0 Å². The Morgan fingerprint density at radius 1 is 1.07 bits per heavy atom. The first-order chi connectivity index (χ1) is 13.0. The number of aromatic nitrogens is 2. The van der Waals surface area contributed by atoms with E-state index in [0.717, 1.165) is 18.7 Å². The average Bonchev–Trinajstić information content (AvgIpc) is 2.67. The van der Waals surface area contributed by atoms with Crippen molar-refractivity contribution in [2.24, 2.45) is 0 Å². The number of unbranched alkanes of at least 4 members (excludes halogenated alkanes) is 2. The zero-order valence-corrected chi connectivity index (χ0v) is 16.4. The number of hydrogen-bond donors (Lipinski definition) is 0. The lowest BCUT2D eigenvalue weighted by Gasteiger charge is -2.14. The summed E-state index contributed by atoms with van der Waals surface area (Å²) in [5.74, 6) is -0.218. The molecule has 0 N–H and O–H groups in total. The van der Waals surface area contributed by atoms with E-state index >= 15 is 0 Å². The molecule has 144 valence electrons. The molecule has 0 aliphatic heterocycles. The first kappa shape index (κ1) is 20.6. The first-order valence-corrected chi connectivity index (χ1v) is 9.13. The molecular weight excluding hydrogens is 343 g/mol. The monoisotopic (exact) mass is 370 g/mol. The fourth-order valence-electron chi connectivity index (χ4n) is 2.61. The number of anilines is 1. The summed E-state index contributed by atoms with van der Waals surface area (Å²) in [6.45, 7) is 3.10. The van der Waals surface area contributed by atoms with Crippen molar-refractivity contribution in [3.05, 3.63) is 47.7 Å². The summed E-state index contributed by atoms with van der Waals surface area (Å²) >= 11 is 0. The predicted molar refractivity (Wildman–Crippen MR) is 108 cm³/mol. The lowest BCUT2D eigenvalue weighted by atomic mass is 10.0. The highest BCUT2D eigenvalue weighted by Crippen LogP contribution is 2.24. The second kappa shape index (κ2) is 9.80. The third kappa shape index (κ3) is 5.61. The largest absolute Gasteiger partial charge is 0.380 e. The summed E-state index contributed by atoms with van der Waals surface area (Å²) < 4.78 is 14.5. The zero-order valence-electron chi connectivity index (χ0n) is 16.4. The van der Waals surface area contributed by atoms with E-state index in [1.54, 1.807) is 18.5 Å². The van der Waals surface area contributed by atoms with Gasteiger partial charge in [-0.05, 0) is 36.4 Å². The number of nitrogens with zero attached hydrogens (tertiary/aromatic N) is 4. The van der Waals surface area contributed by atoms with E-state index < -0.39 is 5.82 Å². The second-order valence-electron chi connectivity index (χ2n) is 6.74. The van der Waals surface area contributed by atoms with Crippen LogP contribution in [0.25, 0.3) is 17.5 Å². The van der Waals surface area contributed by atoms with Crippen molar-refractivity contribution in [3.8, 4) is 11.4 Å². The molecule has 2 rings (SSSR count). The van der Waals surface area contributed by atoms with E-state index in [4.69, 9.17) is 0 Å². The van der Waals surface area contributed by atoms with Gasteiger partial charge in [-0.3, -0.25) is 4.79 Å². The average molecular weight is 370 g/mol. The van der Waals surface area contributed by atoms with Crippen LogP contribution in [0.1, 0.15) is 42.1 Å². The molecule has 1 heterocycles. The molecule has 5 nitrogen and oxygen atoms in total. The van der Waals surface area contributed by atoms with Crippen molar-refractivity contribution >= 4 is 18.0 Å². The van der Waals surface area contributed by atoms with E-state index in [1.165, 1.54) is 18.9 Å². The summed E-state index contributed by atoms with van der Waals surface area (Å²) in [4.78, 5) is 23.8. The number of benzene rings is 1. The fraction of sp³-hybridized carbons (Fsp3) is 0.381. The quantitative estimate of drug-likeness (QED) is 0.488. The van der Waals surface area contributed by atoms with E-state index in [0.29, 0.717) is 23.2 Å². The van der Waals surface area contributed by atoms with Crippen LogP contribution in [0.3, 0.4) is 0 Å². The van der Waals surface area contributed by atoms with Crippen LogP contribution >= 0.6 is 0 Å². The minimum absolute atomic E-state index is 0.277. The third-order valence-electron chi connectivity index (χ3n) is 4.32. The lowest BCUT2D eigenvalue weighted by Crippen LogP contribution is -2.11. The Morgan fingerprint density at radius 2 is 1.78 bits per heavy atom. The maximum Gasteiger partial charge on any atom is 0.162 e. The summed E-state index contributed by atoms with van der Waals surface area (Å²) in [6, 6.07) is 2.86. The topological polar surface area (TPSA) is 49.3 Å². The fourth-order valence-corrected chi connectivity index (χ4v) is 2.61. The second-order valence-corrected chi connectivity index (χ2v) is 6.74. The van der Waals surface area contributed by atoms with E-state index in [2.05, 4.69) is 21.8 Å². The molecule has 1 aromatic carbocycles. The highest BCUT2D eigenvalue weighted by molar-refractivity contribution is 5.84. The van der Waals surface area contributed by atoms with Gasteiger partial charge in [-0.25, -0.2) is 14.4 Å². The number of carbonyl (C=O) groups is 1. The van der Waals surface area contributed by atoms with Crippen molar-refractivity contribution in [1.82, 2.24) is 14.9 Å². The molecule has 0 aliphatic carbocycles. The highest BCUT2D eigenvalue weighted by atomic mass is 19.1. The number of rotatable bonds is 9. The Kier molecular flexibility index (Phi) is 7.46. The van der Waals surface area contributed by atoms with Gasteiger partial charge in [0.05, 0.1) is 23.6 Å². The molecule has 0 aliphatic rings. The standard InChI is InChI=1S/C21H27FN4O/c1-5-6-7-9-26(4)10-8-16-11-19(20(22)12-17(16)15-27)21-23-13-18(14-24-21)25(2)3/h8,10-15H,5-7,9H2,1-4H3/b10-8-. The number of halogens is 1. The zero-order chi connectivity index (χ0) is 19.8. The Hall–Kier alpha value is -2.76. The van der Waals surface area contributed by atoms with E-state index in [9.17, 15) is 9.18 Å². The van der Waals surface area contributed by atoms with Gasteiger partial charge < -0.3 is 9.80 Å². The van der Waals surface area contributed by atoms with Crippen LogP contribution in [0, 0.1) is 5.82 Å². The van der Waals surface area contributed by atoms with Crippen molar-refractivity contribution in [2.75, 3.05) is 32.6 Å². The van der Waals surface area contributed by atoms with Crippen molar-refractivity contribution in [2.45, 2.75) is 26.2 Å². The van der Waals surface area contributed by atoms with Gasteiger partial charge in [0.25, 0.3) is 0 Å². The summed E-state index contributed by atoms with van der Waals surface area (Å²) in [6.07, 6.45) is 11.2. The molecule has 0 spiro atoms. The number of hydrogen-bond acceptors (Lipinski definition) is 5. The van der Waals surface area contributed by atoms with E-state index in [-0.39, 0.29) is 5.56 Å². The molecule has 0 bridgehead atoms. The van der Waals surface area contributed by atoms with Crippen LogP contribution in [0.15, 0.2) is 30.7 Å². The number of carbonyl (C=O) groups excluding carboxylic acids is 1. The smallest absolute Gasteiger partial charge is 0.162 e.